The maximum atomic E-state index is 13.1. The van der Waals surface area contributed by atoms with Gasteiger partial charge in [0.1, 0.15) is 0 Å². The van der Waals surface area contributed by atoms with Crippen LogP contribution in [-0.2, 0) is 10.2 Å². The Hall–Kier alpha value is -1.35. The zero-order valence-corrected chi connectivity index (χ0v) is 13.0. The maximum Gasteiger partial charge on any atom is 0.233 e. The van der Waals surface area contributed by atoms with Crippen molar-refractivity contribution >= 4 is 5.91 Å². The topological polar surface area (TPSA) is 32.3 Å². The Labute approximate surface area is 127 Å². The van der Waals surface area contributed by atoms with Crippen molar-refractivity contribution in [2.75, 3.05) is 26.7 Å². The van der Waals surface area contributed by atoms with Crippen molar-refractivity contribution in [2.45, 2.75) is 37.5 Å². The molecule has 1 aromatic rings. The fourth-order valence-corrected chi connectivity index (χ4v) is 3.85. The number of carbonyl (C=O) groups is 1. The van der Waals surface area contributed by atoms with E-state index in [9.17, 15) is 4.79 Å². The molecule has 0 radical (unpaired) electrons. The van der Waals surface area contributed by atoms with Crippen molar-refractivity contribution < 1.29 is 4.79 Å². The van der Waals surface area contributed by atoms with Crippen LogP contribution in [0.15, 0.2) is 30.3 Å². The summed E-state index contributed by atoms with van der Waals surface area (Å²) in [6, 6.07) is 10.4. The molecule has 0 aromatic heterocycles. The summed E-state index contributed by atoms with van der Waals surface area (Å²) in [5.41, 5.74) is 1.01. The molecule has 0 atom stereocenters. The first-order valence-electron chi connectivity index (χ1n) is 8.26. The van der Waals surface area contributed by atoms with Crippen LogP contribution >= 0.6 is 0 Å². The number of nitrogens with one attached hydrogen (secondary N) is 1. The summed E-state index contributed by atoms with van der Waals surface area (Å²) in [5.74, 6) is 1.11. The van der Waals surface area contributed by atoms with E-state index in [0.717, 1.165) is 51.2 Å². The third-order valence-electron chi connectivity index (χ3n) is 5.34. The van der Waals surface area contributed by atoms with Crippen LogP contribution < -0.4 is 5.32 Å². The van der Waals surface area contributed by atoms with Gasteiger partial charge < -0.3 is 10.2 Å². The monoisotopic (exact) mass is 286 g/mol. The van der Waals surface area contributed by atoms with Crippen LogP contribution in [-0.4, -0.2) is 37.5 Å². The van der Waals surface area contributed by atoms with Gasteiger partial charge in [-0.15, -0.1) is 0 Å². The van der Waals surface area contributed by atoms with Crippen LogP contribution in [0.25, 0.3) is 0 Å². The molecule has 3 heteroatoms. The minimum Gasteiger partial charge on any atom is -0.342 e. The first-order chi connectivity index (χ1) is 10.3. The number of benzene rings is 1. The minimum absolute atomic E-state index is 0.211. The molecule has 1 aliphatic heterocycles. The van der Waals surface area contributed by atoms with Gasteiger partial charge in [0.25, 0.3) is 0 Å². The van der Waals surface area contributed by atoms with Gasteiger partial charge in [0.2, 0.25) is 5.91 Å². The highest BCUT2D eigenvalue weighted by molar-refractivity contribution is 5.89. The van der Waals surface area contributed by atoms with Gasteiger partial charge in [-0.2, -0.15) is 0 Å². The summed E-state index contributed by atoms with van der Waals surface area (Å²) in [6.07, 6.45) is 5.49. The third-order valence-corrected chi connectivity index (χ3v) is 5.34. The molecule has 1 aromatic carbocycles. The number of carbonyl (C=O) groups excluding carboxylic acids is 1. The summed E-state index contributed by atoms with van der Waals surface area (Å²) in [7, 11) is 2.01. The van der Waals surface area contributed by atoms with E-state index in [1.807, 2.05) is 13.1 Å². The molecule has 114 valence electrons. The summed E-state index contributed by atoms with van der Waals surface area (Å²) in [5, 5.41) is 3.26. The molecule has 0 bridgehead atoms. The second-order valence-electron chi connectivity index (χ2n) is 6.59. The Kier molecular flexibility index (Phi) is 4.29. The standard InChI is InChI=1S/C18H26N2O/c1-19-14-15-8-12-20(13-9-15)17(21)18(10-5-11-18)16-6-3-2-4-7-16/h2-4,6-7,15,19H,5,8-14H2,1H3. The molecule has 2 aliphatic rings. The Morgan fingerprint density at radius 3 is 2.43 bits per heavy atom. The van der Waals surface area contributed by atoms with E-state index in [2.05, 4.69) is 34.5 Å². The molecule has 1 N–H and O–H groups in total. The van der Waals surface area contributed by atoms with Gasteiger partial charge in [-0.1, -0.05) is 36.8 Å². The van der Waals surface area contributed by atoms with Gasteiger partial charge in [0.15, 0.2) is 0 Å². The molecule has 0 spiro atoms. The first kappa shape index (κ1) is 14.6. The molecular weight excluding hydrogens is 260 g/mol. The van der Waals surface area contributed by atoms with E-state index < -0.39 is 0 Å². The number of amides is 1. The number of hydrogen-bond acceptors (Lipinski definition) is 2. The highest BCUT2D eigenvalue weighted by atomic mass is 16.2. The molecule has 3 nitrogen and oxygen atoms in total. The van der Waals surface area contributed by atoms with E-state index >= 15 is 0 Å². The van der Waals surface area contributed by atoms with Gasteiger partial charge in [-0.05, 0) is 50.8 Å². The van der Waals surface area contributed by atoms with Gasteiger partial charge in [0.05, 0.1) is 5.41 Å². The average molecular weight is 286 g/mol. The van der Waals surface area contributed by atoms with Crippen molar-refractivity contribution in [2.24, 2.45) is 5.92 Å². The Balaban J connectivity index is 1.70. The normalized spacial score (nSPS) is 21.9. The first-order valence-corrected chi connectivity index (χ1v) is 8.26. The third kappa shape index (κ3) is 2.71. The molecule has 0 unspecified atom stereocenters. The fraction of sp³-hybridized carbons (Fsp3) is 0.611. The molecular formula is C18H26N2O. The maximum absolute atomic E-state index is 13.1. The number of piperidine rings is 1. The van der Waals surface area contributed by atoms with E-state index in [1.165, 1.54) is 12.0 Å². The highest BCUT2D eigenvalue weighted by Gasteiger charge is 2.47. The Bertz CT molecular complexity index is 473. The van der Waals surface area contributed by atoms with E-state index in [0.29, 0.717) is 5.91 Å². The lowest BCUT2D eigenvalue weighted by molar-refractivity contribution is -0.142. The van der Waals surface area contributed by atoms with Crippen LogP contribution in [0.1, 0.15) is 37.7 Å². The van der Waals surface area contributed by atoms with E-state index in [-0.39, 0.29) is 5.41 Å². The van der Waals surface area contributed by atoms with Crippen molar-refractivity contribution in [3.63, 3.8) is 0 Å². The average Bonchev–Trinajstić information content (AvgIpc) is 2.48. The predicted octanol–water partition coefficient (Wildman–Crippen LogP) is 2.57. The smallest absolute Gasteiger partial charge is 0.233 e. The van der Waals surface area contributed by atoms with Gasteiger partial charge in [-0.25, -0.2) is 0 Å². The number of likely N-dealkylation sites (tertiary alicyclic amines) is 1. The number of hydrogen-bond donors (Lipinski definition) is 1. The van der Waals surface area contributed by atoms with E-state index in [4.69, 9.17) is 0 Å². The zero-order chi connectivity index (χ0) is 14.7. The summed E-state index contributed by atoms with van der Waals surface area (Å²) in [6.45, 7) is 2.94. The van der Waals surface area contributed by atoms with Gasteiger partial charge in [0, 0.05) is 13.1 Å². The largest absolute Gasteiger partial charge is 0.342 e. The summed E-state index contributed by atoms with van der Waals surface area (Å²) in [4.78, 5) is 15.2. The molecule has 1 saturated heterocycles. The molecule has 21 heavy (non-hydrogen) atoms. The Morgan fingerprint density at radius 2 is 1.90 bits per heavy atom. The lowest BCUT2D eigenvalue weighted by Crippen LogP contribution is -2.53. The van der Waals surface area contributed by atoms with Gasteiger partial charge >= 0.3 is 0 Å². The minimum atomic E-state index is -0.211. The van der Waals surface area contributed by atoms with E-state index in [1.54, 1.807) is 0 Å². The van der Waals surface area contributed by atoms with Crippen LogP contribution in [0.4, 0.5) is 0 Å². The van der Waals surface area contributed by atoms with Crippen molar-refractivity contribution in [3.8, 4) is 0 Å². The molecule has 1 heterocycles. The van der Waals surface area contributed by atoms with Crippen LogP contribution in [0.5, 0.6) is 0 Å². The molecule has 1 saturated carbocycles. The fourth-order valence-electron chi connectivity index (χ4n) is 3.85. The highest BCUT2D eigenvalue weighted by Crippen LogP contribution is 2.45. The van der Waals surface area contributed by atoms with Crippen molar-refractivity contribution in [1.29, 1.82) is 0 Å². The Morgan fingerprint density at radius 1 is 1.24 bits per heavy atom. The molecule has 3 rings (SSSR count). The second kappa shape index (κ2) is 6.18. The lowest BCUT2D eigenvalue weighted by Gasteiger charge is -2.45. The SMILES string of the molecule is CNCC1CCN(C(=O)C2(c3ccccc3)CCC2)CC1. The molecule has 2 fully saturated rings. The van der Waals surface area contributed by atoms with Crippen LogP contribution in [0.3, 0.4) is 0 Å². The molecule has 1 amide bonds. The number of nitrogens with zero attached hydrogens (tertiary/aromatic N) is 1. The lowest BCUT2D eigenvalue weighted by atomic mass is 9.63. The number of rotatable bonds is 4. The van der Waals surface area contributed by atoms with Crippen molar-refractivity contribution in [1.82, 2.24) is 10.2 Å². The zero-order valence-electron chi connectivity index (χ0n) is 13.0. The molecule has 1 aliphatic carbocycles. The van der Waals surface area contributed by atoms with Crippen LogP contribution in [0, 0.1) is 5.92 Å². The van der Waals surface area contributed by atoms with Gasteiger partial charge in [-0.3, -0.25) is 4.79 Å². The predicted molar refractivity (Wildman–Crippen MR) is 85.2 cm³/mol. The summed E-state index contributed by atoms with van der Waals surface area (Å²) < 4.78 is 0. The van der Waals surface area contributed by atoms with Crippen molar-refractivity contribution in [3.05, 3.63) is 35.9 Å². The summed E-state index contributed by atoms with van der Waals surface area (Å²) >= 11 is 0. The second-order valence-corrected chi connectivity index (χ2v) is 6.59. The van der Waals surface area contributed by atoms with Crippen LogP contribution in [0.2, 0.25) is 0 Å². The quantitative estimate of drug-likeness (QED) is 0.922.